The third kappa shape index (κ3) is 3.96. The number of nitro groups is 1. The molecule has 0 aliphatic carbocycles. The van der Waals surface area contributed by atoms with Crippen LogP contribution < -0.4 is 4.74 Å². The van der Waals surface area contributed by atoms with E-state index in [0.717, 1.165) is 23.1 Å². The molecule has 150 valence electrons. The van der Waals surface area contributed by atoms with Crippen molar-refractivity contribution in [3.8, 4) is 5.75 Å². The summed E-state index contributed by atoms with van der Waals surface area (Å²) in [6.07, 6.45) is 3.62. The number of pyridine rings is 1. The summed E-state index contributed by atoms with van der Waals surface area (Å²) in [5.74, 6) is -0.749. The second-order valence-corrected chi connectivity index (χ2v) is 6.46. The Bertz CT molecular complexity index is 1090. The van der Waals surface area contributed by atoms with E-state index in [1.165, 1.54) is 6.07 Å². The lowest BCUT2D eigenvalue weighted by atomic mass is 9.99. The highest BCUT2D eigenvalue weighted by Gasteiger charge is 2.22. The fourth-order valence-electron chi connectivity index (χ4n) is 3.66. The van der Waals surface area contributed by atoms with Crippen LogP contribution in [-0.4, -0.2) is 33.3 Å². The highest BCUT2D eigenvalue weighted by Crippen LogP contribution is 2.34. The van der Waals surface area contributed by atoms with Crippen LogP contribution in [0.2, 0.25) is 0 Å². The average Bonchev–Trinajstić information content (AvgIpc) is 3.00. The van der Waals surface area contributed by atoms with Gasteiger partial charge in [-0.15, -0.1) is 0 Å². The monoisotopic (exact) mass is 396 g/mol. The number of fused-ring (bicyclic) bond motifs is 1. The van der Waals surface area contributed by atoms with E-state index in [1.807, 2.05) is 11.3 Å². The molecule has 3 aromatic rings. The first kappa shape index (κ1) is 20.1. The van der Waals surface area contributed by atoms with Gasteiger partial charge in [-0.25, -0.2) is 4.79 Å². The van der Waals surface area contributed by atoms with Gasteiger partial charge in [-0.3, -0.25) is 10.1 Å². The SMILES string of the molecule is CCc1c(CC=O)c2c(OCC(=O)O)cccn2c1Cc1ccccc1[N+](=O)[O-]. The zero-order valence-corrected chi connectivity index (χ0v) is 15.8. The number of carboxylic acids is 1. The highest BCUT2D eigenvalue weighted by molar-refractivity contribution is 5.76. The number of rotatable bonds is 9. The van der Waals surface area contributed by atoms with E-state index in [0.29, 0.717) is 29.7 Å². The Labute approximate surface area is 166 Å². The predicted molar refractivity (Wildman–Crippen MR) is 106 cm³/mol. The van der Waals surface area contributed by atoms with E-state index in [9.17, 15) is 19.7 Å². The fraction of sp³-hybridized carbons (Fsp3) is 0.238. The number of carbonyl (C=O) groups excluding carboxylic acids is 1. The van der Waals surface area contributed by atoms with Crippen LogP contribution in [0.3, 0.4) is 0 Å². The standard InChI is InChI=1S/C21H20N2O6/c1-2-15-16(9-11-24)21-19(29-13-20(25)26)8-5-10-22(21)18(15)12-14-6-3-4-7-17(14)23(27)28/h3-8,10-11H,2,9,12-13H2,1H3,(H,25,26). The van der Waals surface area contributed by atoms with E-state index < -0.39 is 17.5 Å². The van der Waals surface area contributed by atoms with Gasteiger partial charge in [0.05, 0.1) is 10.4 Å². The van der Waals surface area contributed by atoms with Gasteiger partial charge in [0, 0.05) is 36.4 Å². The molecule has 0 unspecified atom stereocenters. The van der Waals surface area contributed by atoms with Crippen LogP contribution in [0.4, 0.5) is 5.69 Å². The molecule has 2 aromatic heterocycles. The molecule has 0 saturated heterocycles. The molecule has 0 radical (unpaired) electrons. The summed E-state index contributed by atoms with van der Waals surface area (Å²) < 4.78 is 7.29. The Hall–Kier alpha value is -3.68. The number of nitrogens with zero attached hydrogens (tertiary/aromatic N) is 2. The zero-order chi connectivity index (χ0) is 21.0. The maximum Gasteiger partial charge on any atom is 0.341 e. The fourth-order valence-corrected chi connectivity index (χ4v) is 3.66. The summed E-state index contributed by atoms with van der Waals surface area (Å²) in [5.41, 5.74) is 3.67. The Morgan fingerprint density at radius 3 is 2.66 bits per heavy atom. The zero-order valence-electron chi connectivity index (χ0n) is 15.8. The van der Waals surface area contributed by atoms with Crippen molar-refractivity contribution in [3.63, 3.8) is 0 Å². The Morgan fingerprint density at radius 1 is 1.24 bits per heavy atom. The summed E-state index contributed by atoms with van der Waals surface area (Å²) >= 11 is 0. The molecule has 3 rings (SSSR count). The quantitative estimate of drug-likeness (QED) is 0.338. The van der Waals surface area contributed by atoms with Crippen LogP contribution in [0.15, 0.2) is 42.6 Å². The smallest absolute Gasteiger partial charge is 0.341 e. The van der Waals surface area contributed by atoms with Crippen LogP contribution in [0.25, 0.3) is 5.52 Å². The summed E-state index contributed by atoms with van der Waals surface area (Å²) in [5, 5.41) is 20.4. The van der Waals surface area contributed by atoms with E-state index in [2.05, 4.69) is 0 Å². The molecule has 2 heterocycles. The van der Waals surface area contributed by atoms with Crippen molar-refractivity contribution in [1.82, 2.24) is 4.40 Å². The maximum atomic E-state index is 11.4. The van der Waals surface area contributed by atoms with Crippen LogP contribution in [-0.2, 0) is 28.9 Å². The number of benzene rings is 1. The van der Waals surface area contributed by atoms with Gasteiger partial charge in [-0.05, 0) is 29.7 Å². The number of para-hydroxylation sites is 1. The topological polar surface area (TPSA) is 111 Å². The second-order valence-electron chi connectivity index (χ2n) is 6.46. The molecular weight excluding hydrogens is 376 g/mol. The van der Waals surface area contributed by atoms with Crippen molar-refractivity contribution in [2.45, 2.75) is 26.2 Å². The van der Waals surface area contributed by atoms with Crippen molar-refractivity contribution >= 4 is 23.5 Å². The molecular formula is C21H20N2O6. The molecule has 0 spiro atoms. The Kier molecular flexibility index (Phi) is 5.92. The van der Waals surface area contributed by atoms with E-state index in [1.54, 1.807) is 36.5 Å². The van der Waals surface area contributed by atoms with Crippen molar-refractivity contribution < 1.29 is 24.4 Å². The number of aliphatic carboxylic acids is 1. The number of ether oxygens (including phenoxy) is 1. The van der Waals surface area contributed by atoms with Gasteiger partial charge in [0.1, 0.15) is 12.0 Å². The second kappa shape index (κ2) is 8.55. The number of carboxylic acid groups (broad SMARTS) is 1. The highest BCUT2D eigenvalue weighted by atomic mass is 16.6. The van der Waals surface area contributed by atoms with Gasteiger partial charge in [0.2, 0.25) is 0 Å². The minimum Gasteiger partial charge on any atom is -0.480 e. The third-order valence-corrected chi connectivity index (χ3v) is 4.78. The first-order chi connectivity index (χ1) is 14.0. The molecule has 0 saturated carbocycles. The molecule has 29 heavy (non-hydrogen) atoms. The van der Waals surface area contributed by atoms with Gasteiger partial charge in [0.25, 0.3) is 5.69 Å². The molecule has 0 aliphatic heterocycles. The van der Waals surface area contributed by atoms with Gasteiger partial charge in [-0.1, -0.05) is 25.1 Å². The van der Waals surface area contributed by atoms with Crippen LogP contribution >= 0.6 is 0 Å². The van der Waals surface area contributed by atoms with Crippen molar-refractivity contribution in [2.75, 3.05) is 6.61 Å². The van der Waals surface area contributed by atoms with E-state index in [4.69, 9.17) is 9.84 Å². The predicted octanol–water partition coefficient (Wildman–Crippen LogP) is 3.21. The normalized spacial score (nSPS) is 10.8. The Balaban J connectivity index is 2.22. The van der Waals surface area contributed by atoms with Gasteiger partial charge in [-0.2, -0.15) is 0 Å². The maximum absolute atomic E-state index is 11.4. The number of nitro benzene ring substituents is 1. The number of aromatic nitrogens is 1. The Morgan fingerprint density at radius 2 is 2.00 bits per heavy atom. The summed E-state index contributed by atoms with van der Waals surface area (Å²) in [6, 6.07) is 9.91. The lowest BCUT2D eigenvalue weighted by Gasteiger charge is -2.09. The molecule has 0 amide bonds. The number of carbonyl (C=O) groups is 2. The molecule has 1 aromatic carbocycles. The van der Waals surface area contributed by atoms with Crippen molar-refractivity contribution in [1.29, 1.82) is 0 Å². The van der Waals surface area contributed by atoms with Crippen LogP contribution in [0.5, 0.6) is 5.75 Å². The van der Waals surface area contributed by atoms with E-state index in [-0.39, 0.29) is 12.1 Å². The van der Waals surface area contributed by atoms with Crippen LogP contribution in [0.1, 0.15) is 29.3 Å². The van der Waals surface area contributed by atoms with Crippen molar-refractivity contribution in [2.24, 2.45) is 0 Å². The van der Waals surface area contributed by atoms with Crippen molar-refractivity contribution in [3.05, 3.63) is 75.1 Å². The average molecular weight is 396 g/mol. The van der Waals surface area contributed by atoms with E-state index >= 15 is 0 Å². The molecule has 0 fully saturated rings. The number of hydrogen-bond donors (Lipinski definition) is 1. The van der Waals surface area contributed by atoms with Gasteiger partial charge >= 0.3 is 5.97 Å². The lowest BCUT2D eigenvalue weighted by molar-refractivity contribution is -0.385. The first-order valence-corrected chi connectivity index (χ1v) is 9.12. The number of aldehydes is 1. The molecule has 8 nitrogen and oxygen atoms in total. The number of hydrogen-bond acceptors (Lipinski definition) is 5. The molecule has 0 aliphatic rings. The van der Waals surface area contributed by atoms with Crippen LogP contribution in [0, 0.1) is 10.1 Å². The lowest BCUT2D eigenvalue weighted by Crippen LogP contribution is -2.10. The first-order valence-electron chi connectivity index (χ1n) is 9.12. The molecule has 8 heteroatoms. The minimum absolute atomic E-state index is 0.0275. The summed E-state index contributed by atoms with van der Waals surface area (Å²) in [6.45, 7) is 1.44. The third-order valence-electron chi connectivity index (χ3n) is 4.78. The summed E-state index contributed by atoms with van der Waals surface area (Å²) in [4.78, 5) is 33.3. The van der Waals surface area contributed by atoms with Gasteiger partial charge < -0.3 is 19.0 Å². The van der Waals surface area contributed by atoms with Gasteiger partial charge in [0.15, 0.2) is 6.61 Å². The minimum atomic E-state index is -1.11. The molecule has 0 atom stereocenters. The largest absolute Gasteiger partial charge is 0.480 e. The molecule has 0 bridgehead atoms. The summed E-state index contributed by atoms with van der Waals surface area (Å²) in [7, 11) is 0. The molecule has 1 N–H and O–H groups in total.